The fourth-order valence-corrected chi connectivity index (χ4v) is 3.82. The van der Waals surface area contributed by atoms with Crippen LogP contribution in [-0.2, 0) is 14.8 Å². The van der Waals surface area contributed by atoms with E-state index in [1.807, 2.05) is 32.0 Å². The predicted octanol–water partition coefficient (Wildman–Crippen LogP) is 4.51. The lowest BCUT2D eigenvalue weighted by molar-refractivity contribution is -0.122. The summed E-state index contributed by atoms with van der Waals surface area (Å²) in [5.41, 5.74) is 2.95. The topological polar surface area (TPSA) is 84.5 Å². The summed E-state index contributed by atoms with van der Waals surface area (Å²) >= 11 is 0. The maximum atomic E-state index is 12.5. The number of para-hydroxylation sites is 1. The summed E-state index contributed by atoms with van der Waals surface area (Å²) in [6.45, 7) is 5.54. The third-order valence-corrected chi connectivity index (χ3v) is 5.87. The van der Waals surface area contributed by atoms with Crippen LogP contribution < -0.4 is 14.8 Å². The Kier molecular flexibility index (Phi) is 6.42. The van der Waals surface area contributed by atoms with Gasteiger partial charge in [0.25, 0.3) is 15.9 Å². The summed E-state index contributed by atoms with van der Waals surface area (Å²) in [6.07, 6.45) is -0.714. The Morgan fingerprint density at radius 2 is 1.57 bits per heavy atom. The molecule has 0 fully saturated rings. The van der Waals surface area contributed by atoms with Gasteiger partial charge >= 0.3 is 0 Å². The van der Waals surface area contributed by atoms with E-state index in [4.69, 9.17) is 4.74 Å². The Morgan fingerprint density at radius 3 is 2.23 bits per heavy atom. The number of aryl methyl sites for hydroxylation is 2. The monoisotopic (exact) mass is 424 g/mol. The van der Waals surface area contributed by atoms with Crippen LogP contribution >= 0.6 is 0 Å². The Bertz CT molecular complexity index is 1130. The number of sulfonamides is 1. The minimum Gasteiger partial charge on any atom is -0.481 e. The van der Waals surface area contributed by atoms with Crippen molar-refractivity contribution in [3.05, 3.63) is 83.9 Å². The van der Waals surface area contributed by atoms with Crippen molar-refractivity contribution in [2.24, 2.45) is 0 Å². The molecule has 3 rings (SSSR count). The van der Waals surface area contributed by atoms with E-state index in [9.17, 15) is 13.2 Å². The van der Waals surface area contributed by atoms with Crippen molar-refractivity contribution >= 4 is 27.3 Å². The summed E-state index contributed by atoms with van der Waals surface area (Å²) in [7, 11) is -3.71. The average Bonchev–Trinajstić information content (AvgIpc) is 2.71. The largest absolute Gasteiger partial charge is 0.481 e. The molecule has 0 aromatic heterocycles. The molecule has 0 radical (unpaired) electrons. The maximum absolute atomic E-state index is 12.5. The second kappa shape index (κ2) is 9.00. The number of ether oxygens (including phenoxy) is 1. The summed E-state index contributed by atoms with van der Waals surface area (Å²) in [4.78, 5) is 12.6. The summed E-state index contributed by atoms with van der Waals surface area (Å²) in [5, 5.41) is 2.75. The number of rotatable bonds is 7. The molecule has 3 aromatic rings. The fraction of sp³-hybridized carbons (Fsp3) is 0.174. The van der Waals surface area contributed by atoms with Gasteiger partial charge in [0.15, 0.2) is 6.10 Å². The van der Waals surface area contributed by atoms with Gasteiger partial charge in [0, 0.05) is 11.4 Å². The zero-order valence-electron chi connectivity index (χ0n) is 17.0. The van der Waals surface area contributed by atoms with Gasteiger partial charge in [-0.25, -0.2) is 8.42 Å². The van der Waals surface area contributed by atoms with Crippen LogP contribution in [0.3, 0.4) is 0 Å². The minimum absolute atomic E-state index is 0.101. The molecule has 156 valence electrons. The zero-order chi connectivity index (χ0) is 21.7. The number of amides is 1. The lowest BCUT2D eigenvalue weighted by Crippen LogP contribution is -2.30. The highest BCUT2D eigenvalue weighted by Gasteiger charge is 2.17. The van der Waals surface area contributed by atoms with Gasteiger partial charge in [-0.05, 0) is 74.4 Å². The highest BCUT2D eigenvalue weighted by molar-refractivity contribution is 7.92. The molecule has 3 aromatic carbocycles. The van der Waals surface area contributed by atoms with Gasteiger partial charge in [0.1, 0.15) is 5.75 Å². The molecular formula is C23H24N2O4S. The van der Waals surface area contributed by atoms with E-state index in [0.717, 1.165) is 11.1 Å². The first kappa shape index (κ1) is 21.4. The molecular weight excluding hydrogens is 400 g/mol. The molecule has 30 heavy (non-hydrogen) atoms. The Morgan fingerprint density at radius 1 is 0.900 bits per heavy atom. The van der Waals surface area contributed by atoms with Gasteiger partial charge in [-0.15, -0.1) is 0 Å². The molecule has 0 aliphatic rings. The number of hydrogen-bond donors (Lipinski definition) is 2. The van der Waals surface area contributed by atoms with E-state index in [1.165, 1.54) is 12.1 Å². The Balaban J connectivity index is 1.64. The molecule has 1 atom stereocenters. The minimum atomic E-state index is -3.71. The quantitative estimate of drug-likeness (QED) is 0.584. The first-order chi connectivity index (χ1) is 14.2. The lowest BCUT2D eigenvalue weighted by Gasteiger charge is -2.17. The molecule has 2 N–H and O–H groups in total. The lowest BCUT2D eigenvalue weighted by atomic mass is 10.1. The van der Waals surface area contributed by atoms with Crippen LogP contribution in [-0.4, -0.2) is 20.4 Å². The Hall–Kier alpha value is -3.32. The van der Waals surface area contributed by atoms with Crippen LogP contribution in [0.5, 0.6) is 5.75 Å². The van der Waals surface area contributed by atoms with Crippen molar-refractivity contribution in [1.82, 2.24) is 0 Å². The van der Waals surface area contributed by atoms with Crippen molar-refractivity contribution < 1.29 is 17.9 Å². The van der Waals surface area contributed by atoms with Crippen molar-refractivity contribution in [1.29, 1.82) is 0 Å². The number of nitrogens with one attached hydrogen (secondary N) is 2. The van der Waals surface area contributed by atoms with Crippen LogP contribution in [0.2, 0.25) is 0 Å². The van der Waals surface area contributed by atoms with Gasteiger partial charge in [-0.1, -0.05) is 30.3 Å². The first-order valence-electron chi connectivity index (χ1n) is 9.47. The number of carbonyl (C=O) groups is 1. The third kappa shape index (κ3) is 5.39. The van der Waals surface area contributed by atoms with Gasteiger partial charge in [-0.3, -0.25) is 9.52 Å². The van der Waals surface area contributed by atoms with E-state index in [2.05, 4.69) is 10.0 Å². The third-order valence-electron chi connectivity index (χ3n) is 4.47. The number of carbonyl (C=O) groups excluding carboxylic acids is 1. The van der Waals surface area contributed by atoms with Crippen LogP contribution in [0.25, 0.3) is 0 Å². The van der Waals surface area contributed by atoms with Crippen molar-refractivity contribution in [3.8, 4) is 5.75 Å². The molecule has 6 nitrogen and oxygen atoms in total. The van der Waals surface area contributed by atoms with E-state index in [-0.39, 0.29) is 10.8 Å². The van der Waals surface area contributed by atoms with Crippen molar-refractivity contribution in [2.75, 3.05) is 10.0 Å². The molecule has 0 bridgehead atoms. The smallest absolute Gasteiger partial charge is 0.265 e. The second-order valence-corrected chi connectivity index (χ2v) is 8.70. The van der Waals surface area contributed by atoms with Gasteiger partial charge in [-0.2, -0.15) is 0 Å². The van der Waals surface area contributed by atoms with Crippen LogP contribution in [0, 0.1) is 13.8 Å². The summed E-state index contributed by atoms with van der Waals surface area (Å²) in [5.74, 6) is 0.333. The first-order valence-corrected chi connectivity index (χ1v) is 11.0. The predicted molar refractivity (Wildman–Crippen MR) is 118 cm³/mol. The zero-order valence-corrected chi connectivity index (χ0v) is 17.9. The van der Waals surface area contributed by atoms with Crippen LogP contribution in [0.1, 0.15) is 18.1 Å². The SMILES string of the molecule is Cc1ccc(C)c(OC(C)C(=O)Nc2ccc(S(=O)(=O)Nc3ccccc3)cc2)c1. The molecule has 0 saturated heterocycles. The molecule has 0 heterocycles. The summed E-state index contributed by atoms with van der Waals surface area (Å²) < 4.78 is 33.3. The van der Waals surface area contributed by atoms with E-state index in [0.29, 0.717) is 17.1 Å². The molecule has 0 saturated carbocycles. The van der Waals surface area contributed by atoms with Crippen molar-refractivity contribution in [2.45, 2.75) is 31.8 Å². The molecule has 7 heteroatoms. The van der Waals surface area contributed by atoms with Crippen LogP contribution in [0.4, 0.5) is 11.4 Å². The maximum Gasteiger partial charge on any atom is 0.265 e. The Labute approximate surface area is 177 Å². The van der Waals surface area contributed by atoms with E-state index < -0.39 is 16.1 Å². The van der Waals surface area contributed by atoms with Gasteiger partial charge in [0.05, 0.1) is 4.90 Å². The van der Waals surface area contributed by atoms with E-state index >= 15 is 0 Å². The number of anilines is 2. The fourth-order valence-electron chi connectivity index (χ4n) is 2.76. The number of benzene rings is 3. The van der Waals surface area contributed by atoms with Crippen LogP contribution in [0.15, 0.2) is 77.7 Å². The molecule has 0 aliphatic heterocycles. The molecule has 0 aliphatic carbocycles. The normalized spacial score (nSPS) is 12.1. The van der Waals surface area contributed by atoms with Crippen molar-refractivity contribution in [3.63, 3.8) is 0 Å². The molecule has 0 spiro atoms. The second-order valence-electron chi connectivity index (χ2n) is 7.01. The molecule has 1 unspecified atom stereocenters. The van der Waals surface area contributed by atoms with Gasteiger partial charge < -0.3 is 10.1 Å². The van der Waals surface area contributed by atoms with Gasteiger partial charge in [0.2, 0.25) is 0 Å². The number of hydrogen-bond acceptors (Lipinski definition) is 4. The van der Waals surface area contributed by atoms with E-state index in [1.54, 1.807) is 49.4 Å². The highest BCUT2D eigenvalue weighted by Crippen LogP contribution is 2.22. The standard InChI is InChI=1S/C23H24N2O4S/c1-16-9-10-17(2)22(15-16)29-18(3)23(26)24-19-11-13-21(14-12-19)30(27,28)25-20-7-5-4-6-8-20/h4-15,18,25H,1-3H3,(H,24,26). The highest BCUT2D eigenvalue weighted by atomic mass is 32.2. The summed E-state index contributed by atoms with van der Waals surface area (Å²) in [6, 6.07) is 20.4. The molecule has 1 amide bonds. The average molecular weight is 425 g/mol.